The molecule has 1 rings (SSSR count). The number of rotatable bonds is 41. The van der Waals surface area contributed by atoms with E-state index in [-0.39, 0.29) is 44.9 Å². The van der Waals surface area contributed by atoms with E-state index < -0.39 is 32.5 Å². The number of hydrogen-bond donors (Lipinski definition) is 2. The first-order valence-corrected chi connectivity index (χ1v) is 26.3. The highest BCUT2D eigenvalue weighted by atomic mass is 33.1. The van der Waals surface area contributed by atoms with Gasteiger partial charge in [0.25, 0.3) is 0 Å². The number of phosphoric ester groups is 1. The highest BCUT2D eigenvalue weighted by Crippen LogP contribution is 2.43. The maximum Gasteiger partial charge on any atom is 0.472 e. The molecule has 0 saturated heterocycles. The lowest BCUT2D eigenvalue weighted by molar-refractivity contribution is -0.161. The standard InChI is InChI=1S/C45H77N2O9PS2/c1-3-5-7-9-11-13-15-17-19-21-23-25-27-32-44(49)53-39-41(56-45(50)33-28-26-24-22-20-18-16-14-12-10-8-6-4-2)40-55-57(51,52)54-37-36-46-42(48)34-38-58-59-43-31-29-30-35-47-43/h13-16,29-31,35,41H,3-12,17-28,32-34,36-40H2,1-2H3,(H,46,48)(H,51,52)/b15-13-,16-14-/t41-/m1/s1. The molecule has 1 aromatic rings. The van der Waals surface area contributed by atoms with E-state index in [9.17, 15) is 23.8 Å². The summed E-state index contributed by atoms with van der Waals surface area (Å²) in [5.74, 6) is -0.562. The van der Waals surface area contributed by atoms with Crippen molar-refractivity contribution in [2.45, 2.75) is 185 Å². The maximum absolute atomic E-state index is 12.7. The zero-order valence-corrected chi connectivity index (χ0v) is 38.9. The molecule has 0 aliphatic heterocycles. The highest BCUT2D eigenvalue weighted by Gasteiger charge is 2.26. The molecule has 59 heavy (non-hydrogen) atoms. The minimum absolute atomic E-state index is 0.00683. The van der Waals surface area contributed by atoms with E-state index >= 15 is 0 Å². The molecule has 0 fully saturated rings. The summed E-state index contributed by atoms with van der Waals surface area (Å²) in [6.45, 7) is 3.40. The normalized spacial score (nSPS) is 13.1. The van der Waals surface area contributed by atoms with Crippen LogP contribution in [0.25, 0.3) is 0 Å². The Hall–Kier alpha value is -2.15. The van der Waals surface area contributed by atoms with Crippen molar-refractivity contribution in [3.8, 4) is 0 Å². The SMILES string of the molecule is CCCCCC/C=C\CCCCCCCC(=O)OC[C@H](COP(=O)(O)OCCNC(=O)CCSSc1ccccn1)OC(=O)CCCCCCC/C=C\CCCCCC. The van der Waals surface area contributed by atoms with E-state index in [0.29, 0.717) is 18.6 Å². The number of amides is 1. The number of aromatic nitrogens is 1. The lowest BCUT2D eigenvalue weighted by Crippen LogP contribution is -2.30. The molecular weight excluding hydrogens is 808 g/mol. The average Bonchev–Trinajstić information content (AvgIpc) is 3.23. The molecule has 338 valence electrons. The van der Waals surface area contributed by atoms with Gasteiger partial charge in [-0.1, -0.05) is 132 Å². The summed E-state index contributed by atoms with van der Waals surface area (Å²) >= 11 is 0. The number of pyridine rings is 1. The summed E-state index contributed by atoms with van der Waals surface area (Å²) in [7, 11) is -1.57. The number of hydrogen-bond acceptors (Lipinski definition) is 11. The van der Waals surface area contributed by atoms with Crippen molar-refractivity contribution in [1.29, 1.82) is 0 Å². The minimum Gasteiger partial charge on any atom is -0.462 e. The monoisotopic (exact) mass is 884 g/mol. The fourth-order valence-electron chi connectivity index (χ4n) is 5.88. The summed E-state index contributed by atoms with van der Waals surface area (Å²) in [5.41, 5.74) is 0. The van der Waals surface area contributed by atoms with Crippen molar-refractivity contribution >= 4 is 47.3 Å². The van der Waals surface area contributed by atoms with Gasteiger partial charge in [-0.25, -0.2) is 9.55 Å². The van der Waals surface area contributed by atoms with E-state index in [4.69, 9.17) is 18.5 Å². The molecule has 1 amide bonds. The molecule has 0 spiro atoms. The number of nitrogens with one attached hydrogen (secondary N) is 1. The van der Waals surface area contributed by atoms with Crippen molar-refractivity contribution in [1.82, 2.24) is 10.3 Å². The number of esters is 2. The van der Waals surface area contributed by atoms with E-state index in [1.807, 2.05) is 18.2 Å². The smallest absolute Gasteiger partial charge is 0.462 e. The van der Waals surface area contributed by atoms with Crippen LogP contribution in [0, 0.1) is 0 Å². The minimum atomic E-state index is -4.56. The number of phosphoric acid groups is 1. The molecule has 0 radical (unpaired) electrons. The largest absolute Gasteiger partial charge is 0.472 e. The van der Waals surface area contributed by atoms with Gasteiger partial charge >= 0.3 is 19.8 Å². The Morgan fingerprint density at radius 2 is 1.25 bits per heavy atom. The van der Waals surface area contributed by atoms with Gasteiger partial charge in [0.15, 0.2) is 6.10 Å². The van der Waals surface area contributed by atoms with Crippen LogP contribution < -0.4 is 5.32 Å². The van der Waals surface area contributed by atoms with Crippen LogP contribution in [0.3, 0.4) is 0 Å². The van der Waals surface area contributed by atoms with Gasteiger partial charge in [-0.2, -0.15) is 0 Å². The van der Waals surface area contributed by atoms with Crippen molar-refractivity contribution in [2.24, 2.45) is 0 Å². The van der Waals surface area contributed by atoms with Gasteiger partial charge in [0.05, 0.1) is 13.2 Å². The van der Waals surface area contributed by atoms with Gasteiger partial charge < -0.3 is 19.7 Å². The zero-order chi connectivity index (χ0) is 42.9. The van der Waals surface area contributed by atoms with E-state index in [2.05, 4.69) is 48.5 Å². The fourth-order valence-corrected chi connectivity index (χ4v) is 8.50. The van der Waals surface area contributed by atoms with Gasteiger partial charge in [0.2, 0.25) is 5.91 Å². The molecule has 0 aromatic carbocycles. The van der Waals surface area contributed by atoms with Gasteiger partial charge in [0, 0.05) is 37.8 Å². The molecule has 0 bridgehead atoms. The summed E-state index contributed by atoms with van der Waals surface area (Å²) in [6, 6.07) is 5.63. The van der Waals surface area contributed by atoms with Crippen LogP contribution in [0.5, 0.6) is 0 Å². The summed E-state index contributed by atoms with van der Waals surface area (Å²) in [5, 5.41) is 3.51. The molecule has 14 heteroatoms. The Morgan fingerprint density at radius 1 is 0.712 bits per heavy atom. The number of ether oxygens (including phenoxy) is 2. The topological polar surface area (TPSA) is 150 Å². The van der Waals surface area contributed by atoms with Gasteiger partial charge in [-0.3, -0.25) is 23.4 Å². The Labute approximate surface area is 364 Å². The molecule has 0 saturated carbocycles. The van der Waals surface area contributed by atoms with Crippen LogP contribution in [0.1, 0.15) is 174 Å². The summed E-state index contributed by atoms with van der Waals surface area (Å²) < 4.78 is 33.8. The van der Waals surface area contributed by atoms with Gasteiger partial charge in [0.1, 0.15) is 11.6 Å². The first kappa shape index (κ1) is 54.9. The number of carbonyl (C=O) groups excluding carboxylic acids is 3. The van der Waals surface area contributed by atoms with Crippen LogP contribution in [0.4, 0.5) is 0 Å². The lowest BCUT2D eigenvalue weighted by atomic mass is 10.1. The van der Waals surface area contributed by atoms with E-state index in [1.165, 1.54) is 73.0 Å². The molecule has 11 nitrogen and oxygen atoms in total. The van der Waals surface area contributed by atoms with Crippen LogP contribution in [-0.4, -0.2) is 65.9 Å². The first-order chi connectivity index (χ1) is 28.8. The summed E-state index contributed by atoms with van der Waals surface area (Å²) in [4.78, 5) is 51.9. The number of nitrogens with zero attached hydrogens (tertiary/aromatic N) is 1. The van der Waals surface area contributed by atoms with Crippen molar-refractivity contribution in [3.63, 3.8) is 0 Å². The Balaban J connectivity index is 2.40. The molecule has 0 aliphatic carbocycles. The second-order valence-electron chi connectivity index (χ2n) is 14.8. The van der Waals surface area contributed by atoms with Crippen LogP contribution >= 0.6 is 29.4 Å². The Kier molecular flexibility index (Phi) is 37.2. The predicted octanol–water partition coefficient (Wildman–Crippen LogP) is 12.4. The van der Waals surface area contributed by atoms with Crippen molar-refractivity contribution < 1.29 is 42.4 Å². The molecule has 2 atom stereocenters. The Morgan fingerprint density at radius 3 is 1.81 bits per heavy atom. The zero-order valence-electron chi connectivity index (χ0n) is 36.3. The first-order valence-electron chi connectivity index (χ1n) is 22.5. The molecular formula is C45H77N2O9PS2. The molecule has 1 unspecified atom stereocenters. The van der Waals surface area contributed by atoms with Gasteiger partial charge in [-0.15, -0.1) is 0 Å². The number of allylic oxidation sites excluding steroid dienone is 4. The molecule has 1 heterocycles. The Bertz CT molecular complexity index is 1290. The predicted molar refractivity (Wildman–Crippen MR) is 243 cm³/mol. The third-order valence-corrected chi connectivity index (χ3v) is 12.6. The number of unbranched alkanes of at least 4 members (excludes halogenated alkanes) is 18. The maximum atomic E-state index is 12.7. The number of carbonyl (C=O) groups is 3. The third-order valence-electron chi connectivity index (χ3n) is 9.31. The van der Waals surface area contributed by atoms with Crippen molar-refractivity contribution in [2.75, 3.05) is 32.1 Å². The second-order valence-corrected chi connectivity index (χ2v) is 18.7. The van der Waals surface area contributed by atoms with E-state index in [0.717, 1.165) is 82.1 Å². The average molecular weight is 885 g/mol. The van der Waals surface area contributed by atoms with Crippen molar-refractivity contribution in [3.05, 3.63) is 48.7 Å². The molecule has 2 N–H and O–H groups in total. The second kappa shape index (κ2) is 40.0. The lowest BCUT2D eigenvalue weighted by Gasteiger charge is -2.20. The quantitative estimate of drug-likeness (QED) is 0.0212. The highest BCUT2D eigenvalue weighted by molar-refractivity contribution is 8.76. The van der Waals surface area contributed by atoms with Crippen LogP contribution in [0.2, 0.25) is 0 Å². The molecule has 1 aromatic heterocycles. The van der Waals surface area contributed by atoms with E-state index in [1.54, 1.807) is 6.20 Å². The van der Waals surface area contributed by atoms with Gasteiger partial charge in [-0.05, 0) is 87.1 Å². The van der Waals surface area contributed by atoms with Crippen LogP contribution in [0.15, 0.2) is 53.7 Å². The fraction of sp³-hybridized carbons (Fsp3) is 0.733. The summed E-state index contributed by atoms with van der Waals surface area (Å²) in [6.07, 6.45) is 34.9. The van der Waals surface area contributed by atoms with Crippen LogP contribution in [-0.2, 0) is 37.5 Å². The molecule has 0 aliphatic rings. The third kappa shape index (κ3) is 37.3.